The van der Waals surface area contributed by atoms with Gasteiger partial charge in [-0.15, -0.1) is 11.8 Å². The van der Waals surface area contributed by atoms with Crippen molar-refractivity contribution in [2.45, 2.75) is 23.5 Å². The Bertz CT molecular complexity index is 400. The van der Waals surface area contributed by atoms with Crippen molar-refractivity contribution in [3.8, 4) is 6.07 Å². The molecule has 18 heavy (non-hydrogen) atoms. The van der Waals surface area contributed by atoms with Crippen molar-refractivity contribution in [1.29, 1.82) is 5.26 Å². The minimum absolute atomic E-state index is 0.122. The summed E-state index contributed by atoms with van der Waals surface area (Å²) in [4.78, 5) is 0.775. The Morgan fingerprint density at radius 3 is 2.39 bits per heavy atom. The number of thioether (sulfide) groups is 1. The van der Waals surface area contributed by atoms with Crippen molar-refractivity contribution in [2.24, 2.45) is 11.7 Å². The summed E-state index contributed by atoms with van der Waals surface area (Å²) in [5.74, 6) is -1.68. The summed E-state index contributed by atoms with van der Waals surface area (Å²) in [6, 6.07) is 9.40. The van der Waals surface area contributed by atoms with E-state index in [-0.39, 0.29) is 12.2 Å². The highest BCUT2D eigenvalue weighted by Gasteiger charge is 2.40. The quantitative estimate of drug-likeness (QED) is 0.839. The zero-order chi connectivity index (χ0) is 13.6. The van der Waals surface area contributed by atoms with E-state index in [4.69, 9.17) is 11.0 Å². The van der Waals surface area contributed by atoms with Crippen LogP contribution in [-0.4, -0.2) is 18.0 Å². The fourth-order valence-corrected chi connectivity index (χ4v) is 2.44. The lowest BCUT2D eigenvalue weighted by Crippen LogP contribution is -2.32. The van der Waals surface area contributed by atoms with Gasteiger partial charge in [0.15, 0.2) is 0 Å². The SMILES string of the molecule is N#C[C@H](N)C[C@@H](CSc1ccccc1)C(F)(F)F. The molecule has 98 valence electrons. The molecule has 0 radical (unpaired) electrons. The van der Waals surface area contributed by atoms with Crippen LogP contribution in [0.4, 0.5) is 13.2 Å². The highest BCUT2D eigenvalue weighted by atomic mass is 32.2. The summed E-state index contributed by atoms with van der Waals surface area (Å²) in [6.07, 6.45) is -4.68. The van der Waals surface area contributed by atoms with Gasteiger partial charge in [0.05, 0.1) is 18.0 Å². The number of nitrogens with two attached hydrogens (primary N) is 1. The van der Waals surface area contributed by atoms with Crippen molar-refractivity contribution in [3.63, 3.8) is 0 Å². The highest BCUT2D eigenvalue weighted by Crippen LogP contribution is 2.34. The second-order valence-electron chi connectivity index (χ2n) is 3.83. The summed E-state index contributed by atoms with van der Waals surface area (Å²) in [5.41, 5.74) is 5.27. The van der Waals surface area contributed by atoms with E-state index in [0.717, 1.165) is 16.7 Å². The van der Waals surface area contributed by atoms with Gasteiger partial charge < -0.3 is 5.73 Å². The standard InChI is InChI=1S/C12H13F3N2S/c13-12(14,15)9(6-10(17)7-16)8-18-11-4-2-1-3-5-11/h1-5,9-10H,6,8,17H2/t9-,10+/m0/s1. The van der Waals surface area contributed by atoms with Gasteiger partial charge in [-0.2, -0.15) is 18.4 Å². The van der Waals surface area contributed by atoms with E-state index in [2.05, 4.69) is 0 Å². The monoisotopic (exact) mass is 274 g/mol. The summed E-state index contributed by atoms with van der Waals surface area (Å²) in [5, 5.41) is 8.49. The van der Waals surface area contributed by atoms with Crippen LogP contribution in [0.25, 0.3) is 0 Å². The number of nitriles is 1. The summed E-state index contributed by atoms with van der Waals surface area (Å²) in [6.45, 7) is 0. The van der Waals surface area contributed by atoms with Crippen molar-refractivity contribution in [3.05, 3.63) is 30.3 Å². The van der Waals surface area contributed by atoms with Crippen molar-refractivity contribution in [1.82, 2.24) is 0 Å². The largest absolute Gasteiger partial charge is 0.392 e. The molecule has 0 spiro atoms. The van der Waals surface area contributed by atoms with E-state index in [1.165, 1.54) is 0 Å². The van der Waals surface area contributed by atoms with E-state index >= 15 is 0 Å². The molecule has 1 aromatic rings. The Hall–Kier alpha value is -1.19. The maximum Gasteiger partial charge on any atom is 0.392 e. The van der Waals surface area contributed by atoms with Gasteiger partial charge >= 0.3 is 6.18 Å². The molecular weight excluding hydrogens is 261 g/mol. The minimum Gasteiger partial charge on any atom is -0.316 e. The zero-order valence-electron chi connectivity index (χ0n) is 9.52. The zero-order valence-corrected chi connectivity index (χ0v) is 10.3. The third-order valence-corrected chi connectivity index (χ3v) is 3.54. The lowest BCUT2D eigenvalue weighted by molar-refractivity contribution is -0.169. The minimum atomic E-state index is -4.32. The van der Waals surface area contributed by atoms with E-state index in [9.17, 15) is 13.2 Å². The first-order valence-electron chi connectivity index (χ1n) is 5.33. The third kappa shape index (κ3) is 4.98. The van der Waals surface area contributed by atoms with Gasteiger partial charge in [0.2, 0.25) is 0 Å². The molecule has 0 saturated carbocycles. The average molecular weight is 274 g/mol. The Labute approximate surface area is 108 Å². The Balaban J connectivity index is 2.60. The topological polar surface area (TPSA) is 49.8 Å². The summed E-state index contributed by atoms with van der Waals surface area (Å²) in [7, 11) is 0. The van der Waals surface area contributed by atoms with Gasteiger partial charge in [0, 0.05) is 10.6 Å². The number of nitrogens with zero attached hydrogens (tertiary/aromatic N) is 1. The molecule has 0 aliphatic rings. The van der Waals surface area contributed by atoms with Crippen molar-refractivity contribution >= 4 is 11.8 Å². The van der Waals surface area contributed by atoms with Crippen LogP contribution in [0.1, 0.15) is 6.42 Å². The van der Waals surface area contributed by atoms with Crippen LogP contribution in [0, 0.1) is 17.2 Å². The van der Waals surface area contributed by atoms with Gasteiger partial charge in [-0.25, -0.2) is 0 Å². The molecule has 0 aliphatic heterocycles. The molecule has 0 amide bonds. The lowest BCUT2D eigenvalue weighted by atomic mass is 10.0. The Morgan fingerprint density at radius 2 is 1.89 bits per heavy atom. The first kappa shape index (κ1) is 14.9. The third-order valence-electron chi connectivity index (χ3n) is 2.36. The molecule has 1 aromatic carbocycles. The molecule has 1 rings (SSSR count). The van der Waals surface area contributed by atoms with Crippen LogP contribution in [0.15, 0.2) is 35.2 Å². The smallest absolute Gasteiger partial charge is 0.316 e. The van der Waals surface area contributed by atoms with Gasteiger partial charge in [0.1, 0.15) is 0 Å². The maximum atomic E-state index is 12.7. The normalized spacial score (nSPS) is 14.8. The number of benzene rings is 1. The van der Waals surface area contributed by atoms with Crippen LogP contribution in [0.3, 0.4) is 0 Å². The molecule has 2 N–H and O–H groups in total. The van der Waals surface area contributed by atoms with Crippen LogP contribution in [-0.2, 0) is 0 Å². The van der Waals surface area contributed by atoms with Gasteiger partial charge in [-0.1, -0.05) is 18.2 Å². The number of halogens is 3. The highest BCUT2D eigenvalue weighted by molar-refractivity contribution is 7.99. The average Bonchev–Trinajstić information content (AvgIpc) is 2.34. The Morgan fingerprint density at radius 1 is 1.28 bits per heavy atom. The fourth-order valence-electron chi connectivity index (χ4n) is 1.37. The van der Waals surface area contributed by atoms with E-state index in [1.807, 2.05) is 0 Å². The van der Waals surface area contributed by atoms with Crippen molar-refractivity contribution < 1.29 is 13.2 Å². The van der Waals surface area contributed by atoms with Crippen LogP contribution in [0.2, 0.25) is 0 Å². The molecule has 0 fully saturated rings. The molecule has 0 unspecified atom stereocenters. The van der Waals surface area contributed by atoms with E-state index < -0.39 is 18.1 Å². The van der Waals surface area contributed by atoms with Gasteiger partial charge in [-0.05, 0) is 18.6 Å². The van der Waals surface area contributed by atoms with E-state index in [1.54, 1.807) is 36.4 Å². The van der Waals surface area contributed by atoms with Crippen LogP contribution in [0.5, 0.6) is 0 Å². The van der Waals surface area contributed by atoms with E-state index in [0.29, 0.717) is 0 Å². The number of hydrogen-bond donors (Lipinski definition) is 1. The number of alkyl halides is 3. The molecule has 6 heteroatoms. The van der Waals surface area contributed by atoms with Crippen LogP contribution < -0.4 is 5.73 Å². The molecule has 0 aliphatic carbocycles. The molecule has 0 saturated heterocycles. The molecule has 0 bridgehead atoms. The first-order valence-corrected chi connectivity index (χ1v) is 6.32. The Kier molecular flexibility index (Phi) is 5.51. The molecule has 2 nitrogen and oxygen atoms in total. The molecule has 2 atom stereocenters. The van der Waals surface area contributed by atoms with Gasteiger partial charge in [0.25, 0.3) is 0 Å². The molecular formula is C12H13F3N2S. The molecule has 0 heterocycles. The number of rotatable bonds is 5. The summed E-state index contributed by atoms with van der Waals surface area (Å²) < 4.78 is 38.2. The second-order valence-corrected chi connectivity index (χ2v) is 4.93. The number of hydrogen-bond acceptors (Lipinski definition) is 3. The maximum absolute atomic E-state index is 12.7. The summed E-state index contributed by atoms with van der Waals surface area (Å²) >= 11 is 1.12. The van der Waals surface area contributed by atoms with Gasteiger partial charge in [-0.3, -0.25) is 0 Å². The predicted molar refractivity (Wildman–Crippen MR) is 64.9 cm³/mol. The first-order chi connectivity index (χ1) is 8.43. The van der Waals surface area contributed by atoms with Crippen LogP contribution >= 0.6 is 11.8 Å². The second kappa shape index (κ2) is 6.66. The fraction of sp³-hybridized carbons (Fsp3) is 0.417. The lowest BCUT2D eigenvalue weighted by Gasteiger charge is -2.20. The predicted octanol–water partition coefficient (Wildman–Crippen LogP) is 3.20. The molecule has 0 aromatic heterocycles. The van der Waals surface area contributed by atoms with Crippen molar-refractivity contribution in [2.75, 3.05) is 5.75 Å².